The van der Waals surface area contributed by atoms with Gasteiger partial charge in [-0.15, -0.1) is 0 Å². The standard InChI is InChI=1S/C40H48N4O8/c1-6-50-37(48)39-22-26(39)16-12-7-8-13-17-30(35(46)52-38(2,3)4)34(45)44-24-28(23-40(44,41)36(47)43-39)51-33-21-31(25-14-10-9-11-15-25)42-32-20-27(49-5)18-19-29(32)33/h9-12,14-16,18-21,26,28,30H,6-8,13,17,22-24,41H2,1-5H3,(H,43,47)/b16-12+/t26-,28-,30+,39-,40+/m1/s1. The summed E-state index contributed by atoms with van der Waals surface area (Å²) in [6.07, 6.45) is 5.49. The molecule has 3 aliphatic rings. The van der Waals surface area contributed by atoms with Gasteiger partial charge in [0, 0.05) is 35.4 Å². The SMILES string of the molecule is CCOC(=O)[C@@]12C[C@H]1/C=C/CCCC[C@H](C(=O)OC(C)(C)C)C(=O)N1C[C@H](Oc3cc(-c4ccccc4)nc4cc(OC)ccc34)C[C@@]1(N)C(=O)N2. The summed E-state index contributed by atoms with van der Waals surface area (Å²) in [6, 6.07) is 16.9. The van der Waals surface area contributed by atoms with E-state index in [1.54, 1.807) is 40.9 Å². The van der Waals surface area contributed by atoms with E-state index < -0.39 is 52.6 Å². The average Bonchev–Trinajstić information content (AvgIpc) is 3.70. The van der Waals surface area contributed by atoms with Crippen LogP contribution in [0, 0.1) is 11.8 Å². The topological polar surface area (TPSA) is 159 Å². The molecule has 3 aromatic rings. The molecule has 0 radical (unpaired) electrons. The predicted octanol–water partition coefficient (Wildman–Crippen LogP) is 5.07. The molecule has 2 aromatic carbocycles. The number of nitrogens with zero attached hydrogens (tertiary/aromatic N) is 2. The van der Waals surface area contributed by atoms with Crippen LogP contribution in [0.1, 0.15) is 66.2 Å². The maximum absolute atomic E-state index is 14.6. The number of pyridine rings is 1. The van der Waals surface area contributed by atoms with E-state index in [4.69, 9.17) is 29.7 Å². The number of nitrogens with one attached hydrogen (secondary N) is 1. The predicted molar refractivity (Wildman–Crippen MR) is 194 cm³/mol. The lowest BCUT2D eigenvalue weighted by Gasteiger charge is -2.36. The number of aromatic nitrogens is 1. The second-order valence-electron chi connectivity index (χ2n) is 14.8. The van der Waals surface area contributed by atoms with E-state index in [0.717, 1.165) is 5.56 Å². The third kappa shape index (κ3) is 7.48. The summed E-state index contributed by atoms with van der Waals surface area (Å²) in [5.74, 6) is -3.00. The van der Waals surface area contributed by atoms with E-state index >= 15 is 0 Å². The van der Waals surface area contributed by atoms with E-state index in [9.17, 15) is 19.2 Å². The van der Waals surface area contributed by atoms with Gasteiger partial charge in [0.1, 0.15) is 34.7 Å². The molecule has 1 saturated heterocycles. The molecule has 276 valence electrons. The molecule has 2 fully saturated rings. The number of rotatable bonds is 7. The van der Waals surface area contributed by atoms with Gasteiger partial charge < -0.3 is 34.9 Å². The van der Waals surface area contributed by atoms with Gasteiger partial charge in [-0.3, -0.25) is 14.4 Å². The van der Waals surface area contributed by atoms with E-state index in [1.165, 1.54) is 4.90 Å². The average molecular weight is 713 g/mol. The monoisotopic (exact) mass is 712 g/mol. The number of allylic oxidation sites excluding steroid dienone is 1. The number of hydrogen-bond acceptors (Lipinski definition) is 10. The summed E-state index contributed by atoms with van der Waals surface area (Å²) in [5, 5.41) is 3.59. The maximum atomic E-state index is 14.6. The van der Waals surface area contributed by atoms with E-state index in [0.29, 0.717) is 53.8 Å². The van der Waals surface area contributed by atoms with Crippen LogP contribution in [0.4, 0.5) is 0 Å². The van der Waals surface area contributed by atoms with E-state index in [1.807, 2.05) is 60.7 Å². The van der Waals surface area contributed by atoms with Crippen molar-refractivity contribution in [1.29, 1.82) is 0 Å². The number of hydrogen-bond donors (Lipinski definition) is 2. The molecule has 3 N–H and O–H groups in total. The third-order valence-electron chi connectivity index (χ3n) is 9.87. The smallest absolute Gasteiger partial charge is 0.332 e. The highest BCUT2D eigenvalue weighted by atomic mass is 16.6. The Morgan fingerprint density at radius 2 is 1.83 bits per heavy atom. The lowest BCUT2D eigenvalue weighted by molar-refractivity contribution is -0.167. The summed E-state index contributed by atoms with van der Waals surface area (Å²) in [5.41, 5.74) is 5.03. The van der Waals surface area contributed by atoms with Gasteiger partial charge in [-0.2, -0.15) is 0 Å². The van der Waals surface area contributed by atoms with Crippen LogP contribution in [-0.4, -0.2) is 76.8 Å². The quantitative estimate of drug-likeness (QED) is 0.192. The number of nitrogens with two attached hydrogens (primary N) is 1. The lowest BCUT2D eigenvalue weighted by atomic mass is 9.96. The van der Waals surface area contributed by atoms with Crippen molar-refractivity contribution in [2.24, 2.45) is 17.6 Å². The van der Waals surface area contributed by atoms with Crippen LogP contribution in [-0.2, 0) is 28.7 Å². The van der Waals surface area contributed by atoms with Gasteiger partial charge in [-0.25, -0.2) is 9.78 Å². The largest absolute Gasteiger partial charge is 0.497 e. The highest BCUT2D eigenvalue weighted by Gasteiger charge is 2.64. The van der Waals surface area contributed by atoms with Crippen LogP contribution >= 0.6 is 0 Å². The number of carbonyl (C=O) groups excluding carboxylic acids is 4. The molecule has 12 nitrogen and oxygen atoms in total. The first-order valence-corrected chi connectivity index (χ1v) is 18.0. The third-order valence-corrected chi connectivity index (χ3v) is 9.87. The zero-order valence-corrected chi connectivity index (χ0v) is 30.5. The number of benzene rings is 2. The Labute approximate surface area is 304 Å². The van der Waals surface area contributed by atoms with Crippen LogP contribution in [0.5, 0.6) is 11.5 Å². The summed E-state index contributed by atoms with van der Waals surface area (Å²) in [4.78, 5) is 62.1. The van der Waals surface area contributed by atoms with Gasteiger partial charge in [0.15, 0.2) is 5.66 Å². The summed E-state index contributed by atoms with van der Waals surface area (Å²) in [6.45, 7) is 6.96. The Kier molecular flexibility index (Phi) is 10.3. The van der Waals surface area contributed by atoms with Crippen molar-refractivity contribution < 1.29 is 38.1 Å². The summed E-state index contributed by atoms with van der Waals surface area (Å²) >= 11 is 0. The molecular formula is C40H48N4O8. The molecular weight excluding hydrogens is 664 g/mol. The molecule has 1 aliphatic carbocycles. The number of fused-ring (bicyclic) bond motifs is 3. The Morgan fingerprint density at radius 3 is 2.54 bits per heavy atom. The van der Waals surface area contributed by atoms with E-state index in [2.05, 4.69) is 5.32 Å². The van der Waals surface area contributed by atoms with Crippen molar-refractivity contribution in [2.75, 3.05) is 20.3 Å². The number of esters is 2. The zero-order valence-electron chi connectivity index (χ0n) is 30.5. The zero-order chi connectivity index (χ0) is 37.3. The fourth-order valence-corrected chi connectivity index (χ4v) is 7.10. The highest BCUT2D eigenvalue weighted by molar-refractivity contribution is 6.02. The molecule has 1 saturated carbocycles. The van der Waals surface area contributed by atoms with Gasteiger partial charge in [-0.05, 0) is 65.5 Å². The number of carbonyl (C=O) groups is 4. The molecule has 0 unspecified atom stereocenters. The molecule has 12 heteroatoms. The van der Waals surface area contributed by atoms with Crippen molar-refractivity contribution in [3.8, 4) is 22.8 Å². The van der Waals surface area contributed by atoms with Gasteiger partial charge in [0.2, 0.25) is 5.91 Å². The van der Waals surface area contributed by atoms with Gasteiger partial charge in [-0.1, -0.05) is 48.9 Å². The Hall–Kier alpha value is -4.97. The molecule has 52 heavy (non-hydrogen) atoms. The fourth-order valence-electron chi connectivity index (χ4n) is 7.10. The molecule has 2 aliphatic heterocycles. The first kappa shape index (κ1) is 36.8. The van der Waals surface area contributed by atoms with Crippen molar-refractivity contribution in [3.63, 3.8) is 0 Å². The first-order valence-electron chi connectivity index (χ1n) is 18.0. The van der Waals surface area contributed by atoms with Gasteiger partial charge in [0.05, 0.1) is 31.5 Å². The molecule has 3 heterocycles. The number of methoxy groups -OCH3 is 1. The van der Waals surface area contributed by atoms with Crippen molar-refractivity contribution in [2.45, 2.75) is 89.1 Å². The molecule has 0 spiro atoms. The second kappa shape index (κ2) is 14.6. The van der Waals surface area contributed by atoms with Gasteiger partial charge >= 0.3 is 11.9 Å². The maximum Gasteiger partial charge on any atom is 0.332 e. The van der Waals surface area contributed by atoms with Crippen molar-refractivity contribution in [1.82, 2.24) is 15.2 Å². The summed E-state index contributed by atoms with van der Waals surface area (Å²) < 4.78 is 23.3. The Bertz CT molecular complexity index is 1870. The molecule has 0 bridgehead atoms. The van der Waals surface area contributed by atoms with E-state index in [-0.39, 0.29) is 31.9 Å². The summed E-state index contributed by atoms with van der Waals surface area (Å²) in [7, 11) is 1.58. The normalized spacial score (nSPS) is 27.0. The van der Waals surface area contributed by atoms with Crippen molar-refractivity contribution >= 4 is 34.7 Å². The van der Waals surface area contributed by atoms with Crippen LogP contribution in [0.15, 0.2) is 66.7 Å². The van der Waals surface area contributed by atoms with Crippen LogP contribution in [0.25, 0.3) is 22.2 Å². The Balaban J connectivity index is 1.40. The highest BCUT2D eigenvalue weighted by Crippen LogP contribution is 2.47. The molecule has 5 atom stereocenters. The molecule has 2 amide bonds. The molecule has 6 rings (SSSR count). The van der Waals surface area contributed by atoms with Crippen LogP contribution < -0.4 is 20.5 Å². The van der Waals surface area contributed by atoms with Crippen LogP contribution in [0.3, 0.4) is 0 Å². The van der Waals surface area contributed by atoms with Crippen LogP contribution in [0.2, 0.25) is 0 Å². The minimum absolute atomic E-state index is 0.0988. The second-order valence-corrected chi connectivity index (χ2v) is 14.8. The minimum Gasteiger partial charge on any atom is -0.497 e. The van der Waals surface area contributed by atoms with Crippen molar-refractivity contribution in [3.05, 3.63) is 66.7 Å². The lowest BCUT2D eigenvalue weighted by Crippen LogP contribution is -2.67. The van der Waals surface area contributed by atoms with Gasteiger partial charge in [0.25, 0.3) is 5.91 Å². The minimum atomic E-state index is -1.98. The fraction of sp³-hybridized carbons (Fsp3) is 0.475. The first-order chi connectivity index (χ1) is 24.8. The number of ether oxygens (including phenoxy) is 4. The number of amides is 2. The molecule has 1 aromatic heterocycles. The Morgan fingerprint density at radius 1 is 1.06 bits per heavy atom.